The normalized spacial score (nSPS) is 13.3. The predicted molar refractivity (Wildman–Crippen MR) is 87.2 cm³/mol. The minimum absolute atomic E-state index is 0.0854. The number of amides is 1. The molecule has 0 aliphatic heterocycles. The van der Waals surface area contributed by atoms with Crippen molar-refractivity contribution in [2.45, 2.75) is 38.8 Å². The van der Waals surface area contributed by atoms with Gasteiger partial charge in [0.2, 0.25) is 5.91 Å². The average Bonchev–Trinajstić information content (AvgIpc) is 3.01. The maximum absolute atomic E-state index is 12.1. The van der Waals surface area contributed by atoms with Crippen LogP contribution in [-0.4, -0.2) is 23.7 Å². The number of nitrogens with one attached hydrogen (secondary N) is 1. The van der Waals surface area contributed by atoms with Crippen LogP contribution in [0.4, 0.5) is 0 Å². The molecule has 124 valence electrons. The van der Waals surface area contributed by atoms with Crippen molar-refractivity contribution in [3.05, 3.63) is 54.0 Å². The minimum Gasteiger partial charge on any atom is -0.494 e. The van der Waals surface area contributed by atoms with Gasteiger partial charge in [0.15, 0.2) is 0 Å². The largest absolute Gasteiger partial charge is 0.494 e. The van der Waals surface area contributed by atoms with Gasteiger partial charge in [-0.2, -0.15) is 0 Å². The SMILES string of the molecule is CCOc1cccc(CC(=O)NC(C)CC(O)c2ccco2)c1. The molecule has 23 heavy (non-hydrogen) atoms. The van der Waals surface area contributed by atoms with Crippen molar-refractivity contribution in [3.8, 4) is 5.75 Å². The van der Waals surface area contributed by atoms with Crippen LogP contribution in [0, 0.1) is 0 Å². The quantitative estimate of drug-likeness (QED) is 0.785. The third-order valence-electron chi connectivity index (χ3n) is 3.43. The van der Waals surface area contributed by atoms with E-state index in [1.165, 1.54) is 6.26 Å². The summed E-state index contributed by atoms with van der Waals surface area (Å²) in [6, 6.07) is 10.8. The van der Waals surface area contributed by atoms with Gasteiger partial charge in [-0.3, -0.25) is 4.79 Å². The molecule has 0 radical (unpaired) electrons. The van der Waals surface area contributed by atoms with Crippen molar-refractivity contribution < 1.29 is 19.1 Å². The van der Waals surface area contributed by atoms with Gasteiger partial charge in [-0.1, -0.05) is 12.1 Å². The summed E-state index contributed by atoms with van der Waals surface area (Å²) in [5.74, 6) is 1.19. The Labute approximate surface area is 136 Å². The Balaban J connectivity index is 1.83. The van der Waals surface area contributed by atoms with E-state index in [9.17, 15) is 9.90 Å². The Bertz CT molecular complexity index is 609. The van der Waals surface area contributed by atoms with Crippen molar-refractivity contribution in [2.75, 3.05) is 6.61 Å². The molecule has 1 aromatic heterocycles. The Morgan fingerprint density at radius 2 is 2.17 bits per heavy atom. The molecule has 0 spiro atoms. The van der Waals surface area contributed by atoms with E-state index in [-0.39, 0.29) is 18.4 Å². The van der Waals surface area contributed by atoms with Gasteiger partial charge in [-0.25, -0.2) is 0 Å². The van der Waals surface area contributed by atoms with Gasteiger partial charge < -0.3 is 19.6 Å². The molecule has 1 amide bonds. The van der Waals surface area contributed by atoms with E-state index >= 15 is 0 Å². The van der Waals surface area contributed by atoms with Crippen LogP contribution >= 0.6 is 0 Å². The number of aliphatic hydroxyl groups excluding tert-OH is 1. The molecule has 0 aliphatic rings. The first-order valence-electron chi connectivity index (χ1n) is 7.81. The molecule has 5 nitrogen and oxygen atoms in total. The molecule has 2 N–H and O–H groups in total. The van der Waals surface area contributed by atoms with Crippen LogP contribution in [0.15, 0.2) is 47.1 Å². The Hall–Kier alpha value is -2.27. The summed E-state index contributed by atoms with van der Waals surface area (Å²) >= 11 is 0. The lowest BCUT2D eigenvalue weighted by Gasteiger charge is -2.17. The highest BCUT2D eigenvalue weighted by molar-refractivity contribution is 5.78. The summed E-state index contributed by atoms with van der Waals surface area (Å²) < 4.78 is 10.6. The first-order chi connectivity index (χ1) is 11.1. The molecule has 2 aromatic rings. The molecule has 0 aliphatic carbocycles. The van der Waals surface area contributed by atoms with E-state index in [0.717, 1.165) is 11.3 Å². The minimum atomic E-state index is -0.721. The molecule has 2 rings (SSSR count). The van der Waals surface area contributed by atoms with E-state index in [0.29, 0.717) is 18.8 Å². The molecule has 0 saturated carbocycles. The number of carbonyl (C=O) groups excluding carboxylic acids is 1. The summed E-state index contributed by atoms with van der Waals surface area (Å²) in [6.45, 7) is 4.38. The second-order valence-electron chi connectivity index (χ2n) is 5.49. The lowest BCUT2D eigenvalue weighted by molar-refractivity contribution is -0.121. The highest BCUT2D eigenvalue weighted by Crippen LogP contribution is 2.18. The summed E-state index contributed by atoms with van der Waals surface area (Å²) in [4.78, 5) is 12.1. The second kappa shape index (κ2) is 8.39. The molecule has 1 aromatic carbocycles. The number of aliphatic hydroxyl groups is 1. The zero-order valence-corrected chi connectivity index (χ0v) is 13.5. The topological polar surface area (TPSA) is 71.7 Å². The Morgan fingerprint density at radius 1 is 1.35 bits per heavy atom. The smallest absolute Gasteiger partial charge is 0.224 e. The van der Waals surface area contributed by atoms with Gasteiger partial charge in [0.1, 0.15) is 17.6 Å². The maximum atomic E-state index is 12.1. The third-order valence-corrected chi connectivity index (χ3v) is 3.43. The lowest BCUT2D eigenvalue weighted by atomic mass is 10.1. The standard InChI is InChI=1S/C18H23NO4/c1-3-22-15-7-4-6-14(11-15)12-18(21)19-13(2)10-16(20)17-8-5-9-23-17/h4-9,11,13,16,20H,3,10,12H2,1-2H3,(H,19,21). The highest BCUT2D eigenvalue weighted by Gasteiger charge is 2.16. The van der Waals surface area contributed by atoms with E-state index in [1.54, 1.807) is 12.1 Å². The fourth-order valence-electron chi connectivity index (χ4n) is 2.41. The number of carbonyl (C=O) groups is 1. The van der Waals surface area contributed by atoms with Gasteiger partial charge in [0.05, 0.1) is 19.3 Å². The average molecular weight is 317 g/mol. The lowest BCUT2D eigenvalue weighted by Crippen LogP contribution is -2.34. The summed E-state index contributed by atoms with van der Waals surface area (Å²) in [5.41, 5.74) is 0.896. The molecular formula is C18H23NO4. The molecule has 2 unspecified atom stereocenters. The summed E-state index contributed by atoms with van der Waals surface area (Å²) in [7, 11) is 0. The van der Waals surface area contributed by atoms with E-state index < -0.39 is 6.10 Å². The Kier molecular flexibility index (Phi) is 6.23. The molecular weight excluding hydrogens is 294 g/mol. The van der Waals surface area contributed by atoms with Crippen LogP contribution in [-0.2, 0) is 11.2 Å². The highest BCUT2D eigenvalue weighted by atomic mass is 16.5. The fourth-order valence-corrected chi connectivity index (χ4v) is 2.41. The second-order valence-corrected chi connectivity index (χ2v) is 5.49. The summed E-state index contributed by atoms with van der Waals surface area (Å²) in [5, 5.41) is 12.9. The number of rotatable bonds is 8. The summed E-state index contributed by atoms with van der Waals surface area (Å²) in [6.07, 6.45) is 1.48. The molecule has 1 heterocycles. The number of hydrogen-bond acceptors (Lipinski definition) is 4. The number of furan rings is 1. The number of hydrogen-bond donors (Lipinski definition) is 2. The first kappa shape index (κ1) is 17.1. The fraction of sp³-hybridized carbons (Fsp3) is 0.389. The maximum Gasteiger partial charge on any atom is 0.224 e. The third kappa shape index (κ3) is 5.45. The van der Waals surface area contributed by atoms with Crippen LogP contribution < -0.4 is 10.1 Å². The van der Waals surface area contributed by atoms with Crippen molar-refractivity contribution in [1.29, 1.82) is 0 Å². The predicted octanol–water partition coefficient (Wildman–Crippen LogP) is 2.85. The van der Waals surface area contributed by atoms with Crippen molar-refractivity contribution in [2.24, 2.45) is 0 Å². The van der Waals surface area contributed by atoms with Crippen molar-refractivity contribution in [1.82, 2.24) is 5.32 Å². The molecule has 0 bridgehead atoms. The van der Waals surface area contributed by atoms with E-state index in [1.807, 2.05) is 38.1 Å². The Morgan fingerprint density at radius 3 is 2.87 bits per heavy atom. The number of ether oxygens (including phenoxy) is 1. The first-order valence-corrected chi connectivity index (χ1v) is 7.81. The van der Waals surface area contributed by atoms with Gasteiger partial charge >= 0.3 is 0 Å². The van der Waals surface area contributed by atoms with Crippen LogP contribution in [0.5, 0.6) is 5.75 Å². The molecule has 0 fully saturated rings. The molecule has 5 heteroatoms. The number of benzene rings is 1. The zero-order chi connectivity index (χ0) is 16.7. The van der Waals surface area contributed by atoms with Crippen molar-refractivity contribution >= 4 is 5.91 Å². The van der Waals surface area contributed by atoms with Gasteiger partial charge in [-0.15, -0.1) is 0 Å². The monoisotopic (exact) mass is 317 g/mol. The van der Waals surface area contributed by atoms with E-state index in [2.05, 4.69) is 5.32 Å². The van der Waals surface area contributed by atoms with E-state index in [4.69, 9.17) is 9.15 Å². The molecule has 0 saturated heterocycles. The van der Waals surface area contributed by atoms with Gasteiger partial charge in [0, 0.05) is 12.5 Å². The van der Waals surface area contributed by atoms with Crippen LogP contribution in [0.1, 0.15) is 37.7 Å². The van der Waals surface area contributed by atoms with Crippen LogP contribution in [0.3, 0.4) is 0 Å². The zero-order valence-electron chi connectivity index (χ0n) is 13.5. The van der Waals surface area contributed by atoms with Crippen LogP contribution in [0.2, 0.25) is 0 Å². The van der Waals surface area contributed by atoms with Crippen LogP contribution in [0.25, 0.3) is 0 Å². The molecule has 2 atom stereocenters. The van der Waals surface area contributed by atoms with Gasteiger partial charge in [-0.05, 0) is 43.7 Å². The van der Waals surface area contributed by atoms with Crippen molar-refractivity contribution in [3.63, 3.8) is 0 Å². The van der Waals surface area contributed by atoms with Gasteiger partial charge in [0.25, 0.3) is 0 Å².